The Morgan fingerprint density at radius 2 is 2.20 bits per heavy atom. The summed E-state index contributed by atoms with van der Waals surface area (Å²) in [4.78, 5) is 4.03. The summed E-state index contributed by atoms with van der Waals surface area (Å²) in [6.45, 7) is 2.37. The molecule has 0 fully saturated rings. The van der Waals surface area contributed by atoms with E-state index in [1.54, 1.807) is 6.92 Å². The van der Waals surface area contributed by atoms with Crippen molar-refractivity contribution in [2.75, 3.05) is 13.1 Å². The fraction of sp³-hybridized carbons (Fsp3) is 0.385. The van der Waals surface area contributed by atoms with Gasteiger partial charge in [-0.2, -0.15) is 4.98 Å². The van der Waals surface area contributed by atoms with Crippen molar-refractivity contribution in [2.45, 2.75) is 19.4 Å². The fourth-order valence-corrected chi connectivity index (χ4v) is 1.76. The average Bonchev–Trinajstić information content (AvgIpc) is 2.80. The molecule has 0 bridgehead atoms. The molecule has 0 amide bonds. The van der Waals surface area contributed by atoms with E-state index in [0.717, 1.165) is 12.1 Å². The molecule has 0 aliphatic rings. The van der Waals surface area contributed by atoms with E-state index in [2.05, 4.69) is 15.5 Å². The highest BCUT2D eigenvalue weighted by Crippen LogP contribution is 2.17. The van der Waals surface area contributed by atoms with E-state index >= 15 is 0 Å². The van der Waals surface area contributed by atoms with Crippen LogP contribution in [-0.4, -0.2) is 28.3 Å². The molecule has 0 spiro atoms. The molecule has 1 unspecified atom stereocenters. The lowest BCUT2D eigenvalue weighted by Gasteiger charge is -2.12. The monoisotopic (exact) mass is 283 g/mol. The highest BCUT2D eigenvalue weighted by Gasteiger charge is 2.13. The molecule has 2 aromatic rings. The molecule has 2 rings (SSSR count). The van der Waals surface area contributed by atoms with Crippen molar-refractivity contribution in [2.24, 2.45) is 0 Å². The van der Waals surface area contributed by atoms with Crippen molar-refractivity contribution in [1.29, 1.82) is 0 Å². The summed E-state index contributed by atoms with van der Waals surface area (Å²) in [5, 5.41) is 16.4. The van der Waals surface area contributed by atoms with E-state index < -0.39 is 17.7 Å². The zero-order valence-electron chi connectivity index (χ0n) is 10.9. The van der Waals surface area contributed by atoms with E-state index in [0.29, 0.717) is 24.7 Å². The number of aromatic nitrogens is 2. The minimum absolute atomic E-state index is 0.0625. The fourth-order valence-electron chi connectivity index (χ4n) is 1.76. The lowest BCUT2D eigenvalue weighted by atomic mass is 10.1. The van der Waals surface area contributed by atoms with Gasteiger partial charge in [0.15, 0.2) is 5.82 Å². The Labute approximate surface area is 114 Å². The highest BCUT2D eigenvalue weighted by atomic mass is 19.1. The van der Waals surface area contributed by atoms with Crippen LogP contribution in [0.5, 0.6) is 0 Å². The summed E-state index contributed by atoms with van der Waals surface area (Å²) in [7, 11) is 0. The Morgan fingerprint density at radius 3 is 2.85 bits per heavy atom. The summed E-state index contributed by atoms with van der Waals surface area (Å²) < 4.78 is 31.1. The number of hydrogen-bond acceptors (Lipinski definition) is 5. The highest BCUT2D eigenvalue weighted by molar-refractivity contribution is 5.21. The van der Waals surface area contributed by atoms with Gasteiger partial charge in [0.25, 0.3) is 0 Å². The number of halogens is 2. The normalized spacial score (nSPS) is 12.6. The van der Waals surface area contributed by atoms with Crippen LogP contribution in [0.25, 0.3) is 0 Å². The minimum atomic E-state index is -1.04. The third kappa shape index (κ3) is 3.82. The SMILES string of the molecule is Cc1noc(CCNCC(O)c2ccc(F)cc2F)n1. The minimum Gasteiger partial charge on any atom is -0.387 e. The van der Waals surface area contributed by atoms with Gasteiger partial charge in [0, 0.05) is 31.1 Å². The van der Waals surface area contributed by atoms with Gasteiger partial charge in [-0.1, -0.05) is 11.2 Å². The standard InChI is InChI=1S/C13H15F2N3O2/c1-8-17-13(20-18-8)4-5-16-7-12(19)10-3-2-9(14)6-11(10)15/h2-3,6,12,16,19H,4-5,7H2,1H3. The molecule has 0 saturated heterocycles. The van der Waals surface area contributed by atoms with Gasteiger partial charge in [-0.25, -0.2) is 8.78 Å². The predicted octanol–water partition coefficient (Wildman–Crippen LogP) is 1.52. The van der Waals surface area contributed by atoms with Crippen LogP contribution in [0.4, 0.5) is 8.78 Å². The molecule has 5 nitrogen and oxygen atoms in total. The molecule has 0 aliphatic heterocycles. The maximum atomic E-state index is 13.4. The smallest absolute Gasteiger partial charge is 0.227 e. The van der Waals surface area contributed by atoms with Crippen molar-refractivity contribution < 1.29 is 18.4 Å². The van der Waals surface area contributed by atoms with Gasteiger partial charge in [0.1, 0.15) is 11.6 Å². The summed E-state index contributed by atoms with van der Waals surface area (Å²) >= 11 is 0. The van der Waals surface area contributed by atoms with E-state index in [9.17, 15) is 13.9 Å². The van der Waals surface area contributed by atoms with Crippen LogP contribution in [0, 0.1) is 18.6 Å². The third-order valence-electron chi connectivity index (χ3n) is 2.74. The quantitative estimate of drug-likeness (QED) is 0.787. The van der Waals surface area contributed by atoms with E-state index in [4.69, 9.17) is 4.52 Å². The number of nitrogens with zero attached hydrogens (tertiary/aromatic N) is 2. The molecule has 0 saturated carbocycles. The number of nitrogens with one attached hydrogen (secondary N) is 1. The molecular formula is C13H15F2N3O2. The van der Waals surface area contributed by atoms with Crippen LogP contribution in [0.15, 0.2) is 22.7 Å². The zero-order valence-corrected chi connectivity index (χ0v) is 10.9. The first-order chi connectivity index (χ1) is 9.56. The second kappa shape index (κ2) is 6.53. The summed E-state index contributed by atoms with van der Waals surface area (Å²) in [6.07, 6.45) is -0.528. The van der Waals surface area contributed by atoms with Gasteiger partial charge in [-0.05, 0) is 13.0 Å². The van der Waals surface area contributed by atoms with Crippen molar-refractivity contribution in [3.8, 4) is 0 Å². The molecule has 1 heterocycles. The summed E-state index contributed by atoms with van der Waals surface area (Å²) in [5.41, 5.74) is 0.0625. The number of aryl methyl sites for hydroxylation is 1. The maximum Gasteiger partial charge on any atom is 0.227 e. The molecule has 0 aliphatic carbocycles. The molecule has 108 valence electrons. The summed E-state index contributed by atoms with van der Waals surface area (Å²) in [6, 6.07) is 3.10. The van der Waals surface area contributed by atoms with Gasteiger partial charge in [0.2, 0.25) is 5.89 Å². The number of rotatable bonds is 6. The number of benzene rings is 1. The Morgan fingerprint density at radius 1 is 1.40 bits per heavy atom. The predicted molar refractivity (Wildman–Crippen MR) is 66.9 cm³/mol. The molecule has 20 heavy (non-hydrogen) atoms. The van der Waals surface area contributed by atoms with Crippen LogP contribution in [0.1, 0.15) is 23.4 Å². The van der Waals surface area contributed by atoms with Gasteiger partial charge < -0.3 is 14.9 Å². The average molecular weight is 283 g/mol. The lowest BCUT2D eigenvalue weighted by Crippen LogP contribution is -2.24. The molecule has 1 atom stereocenters. The van der Waals surface area contributed by atoms with Gasteiger partial charge in [0.05, 0.1) is 6.10 Å². The van der Waals surface area contributed by atoms with Crippen LogP contribution in [0.2, 0.25) is 0 Å². The van der Waals surface area contributed by atoms with Crippen LogP contribution in [0.3, 0.4) is 0 Å². The maximum absolute atomic E-state index is 13.4. The van der Waals surface area contributed by atoms with Gasteiger partial charge in [-0.3, -0.25) is 0 Å². The summed E-state index contributed by atoms with van der Waals surface area (Å²) in [5.74, 6) is -0.365. The van der Waals surface area contributed by atoms with Crippen LogP contribution < -0.4 is 5.32 Å². The van der Waals surface area contributed by atoms with Crippen molar-refractivity contribution in [3.05, 3.63) is 47.1 Å². The van der Waals surface area contributed by atoms with Crippen molar-refractivity contribution >= 4 is 0 Å². The van der Waals surface area contributed by atoms with Crippen molar-refractivity contribution in [1.82, 2.24) is 15.5 Å². The molecule has 0 radical (unpaired) electrons. The first kappa shape index (κ1) is 14.5. The Bertz CT molecular complexity index is 574. The van der Waals surface area contributed by atoms with E-state index in [1.165, 1.54) is 6.07 Å². The lowest BCUT2D eigenvalue weighted by molar-refractivity contribution is 0.170. The van der Waals surface area contributed by atoms with Gasteiger partial charge >= 0.3 is 0 Å². The van der Waals surface area contributed by atoms with Crippen molar-refractivity contribution in [3.63, 3.8) is 0 Å². The van der Waals surface area contributed by atoms with E-state index in [1.807, 2.05) is 0 Å². The number of hydrogen-bond donors (Lipinski definition) is 2. The largest absolute Gasteiger partial charge is 0.387 e. The first-order valence-corrected chi connectivity index (χ1v) is 6.19. The first-order valence-electron chi connectivity index (χ1n) is 6.19. The van der Waals surface area contributed by atoms with Crippen LogP contribution >= 0.6 is 0 Å². The molecule has 2 N–H and O–H groups in total. The third-order valence-corrected chi connectivity index (χ3v) is 2.74. The molecule has 1 aromatic carbocycles. The topological polar surface area (TPSA) is 71.2 Å². The van der Waals surface area contributed by atoms with Crippen LogP contribution in [-0.2, 0) is 6.42 Å². The van der Waals surface area contributed by atoms with Gasteiger partial charge in [-0.15, -0.1) is 0 Å². The van der Waals surface area contributed by atoms with E-state index in [-0.39, 0.29) is 12.1 Å². The second-order valence-electron chi connectivity index (χ2n) is 4.37. The molecule has 7 heteroatoms. The Hall–Kier alpha value is -1.86. The second-order valence-corrected chi connectivity index (χ2v) is 4.37. The zero-order chi connectivity index (χ0) is 14.5. The number of aliphatic hydroxyl groups excluding tert-OH is 1. The molecule has 1 aromatic heterocycles. The molecular weight excluding hydrogens is 268 g/mol. The Kier molecular flexibility index (Phi) is 4.75. The Balaban J connectivity index is 1.78. The number of aliphatic hydroxyl groups is 1.